The van der Waals surface area contributed by atoms with Gasteiger partial charge < -0.3 is 15.2 Å². The topological polar surface area (TPSA) is 162 Å². The number of nitrogens with zero attached hydrogens (tertiary/aromatic N) is 3. The van der Waals surface area contributed by atoms with E-state index in [0.717, 1.165) is 30.2 Å². The van der Waals surface area contributed by atoms with Crippen LogP contribution in [0.5, 0.6) is 0 Å². The van der Waals surface area contributed by atoms with Crippen LogP contribution in [0.1, 0.15) is 19.4 Å². The van der Waals surface area contributed by atoms with E-state index in [-0.39, 0.29) is 34.8 Å². The van der Waals surface area contributed by atoms with Crippen LogP contribution in [0.15, 0.2) is 71.6 Å². The van der Waals surface area contributed by atoms with Crippen molar-refractivity contribution < 1.29 is 37.0 Å². The van der Waals surface area contributed by atoms with Gasteiger partial charge in [0.2, 0.25) is 5.96 Å². The molecular weight excluding hydrogens is 521 g/mol. The van der Waals surface area contributed by atoms with Gasteiger partial charge in [0.05, 0.1) is 36.5 Å². The summed E-state index contributed by atoms with van der Waals surface area (Å²) in [4.78, 5) is 39.6. The zero-order chi connectivity index (χ0) is 29.5. The number of ether oxygens (including phenoxy) is 2. The molecule has 1 atom stereocenters. The van der Waals surface area contributed by atoms with E-state index in [1.807, 2.05) is 6.07 Å². The maximum Gasteiger partial charge on any atom is 0.416 e. The van der Waals surface area contributed by atoms with Crippen LogP contribution in [0.25, 0.3) is 0 Å². The molecule has 3 amide bonds. The normalized spacial score (nSPS) is 16.4. The minimum Gasteiger partial charge on any atom is -0.466 e. The molecule has 1 aliphatic heterocycles. The van der Waals surface area contributed by atoms with Crippen LogP contribution < -0.4 is 16.0 Å². The Morgan fingerprint density at radius 1 is 1.31 bits per heavy atom. The number of nitrogens with two attached hydrogens (primary N) is 1. The molecule has 1 heterocycles. The Morgan fingerprint density at radius 2 is 1.97 bits per heavy atom. The number of amides is 3. The van der Waals surface area contributed by atoms with Crippen LogP contribution in [0.4, 0.5) is 28.4 Å². The van der Waals surface area contributed by atoms with E-state index < -0.39 is 41.8 Å². The first-order chi connectivity index (χ1) is 18.3. The summed E-state index contributed by atoms with van der Waals surface area (Å²) in [6.07, 6.45) is -2.15. The van der Waals surface area contributed by atoms with E-state index in [4.69, 9.17) is 20.6 Å². The predicted molar refractivity (Wildman–Crippen MR) is 134 cm³/mol. The Balaban J connectivity index is 2.93. The van der Waals surface area contributed by atoms with E-state index in [2.05, 4.69) is 11.9 Å². The number of anilines is 1. The zero-order valence-corrected chi connectivity index (χ0v) is 21.1. The number of guanidine groups is 1. The molecule has 0 aliphatic carbocycles. The quantitative estimate of drug-likeness (QED) is 0.265. The van der Waals surface area contributed by atoms with Crippen LogP contribution >= 0.6 is 0 Å². The number of rotatable bonds is 7. The summed E-state index contributed by atoms with van der Waals surface area (Å²) >= 11 is 0. The SMILES string of the molecule is C=C/C(C#N)=C\C=C(/NC(=O)OCC)[C@@H]1C(C(=O)OC)=C(C)N(c2cccc(C(F)(F)F)c2)C(=N)N1C(N)=O. The predicted octanol–water partition coefficient (Wildman–Crippen LogP) is 3.92. The molecule has 2 rings (SSSR count). The second-order valence-electron chi connectivity index (χ2n) is 7.71. The number of alkyl halides is 3. The molecular formula is C25H25F3N6O5. The van der Waals surface area contributed by atoms with Crippen LogP contribution in [0, 0.1) is 16.7 Å². The maximum absolute atomic E-state index is 13.4. The van der Waals surface area contributed by atoms with Crippen LogP contribution in [0.3, 0.4) is 0 Å². The van der Waals surface area contributed by atoms with Gasteiger partial charge in [-0.05, 0) is 44.2 Å². The number of methoxy groups -OCH3 is 1. The number of benzene rings is 1. The highest BCUT2D eigenvalue weighted by atomic mass is 19.4. The average Bonchev–Trinajstić information content (AvgIpc) is 2.87. The molecule has 11 nitrogen and oxygen atoms in total. The number of hydrogen-bond acceptors (Lipinski definition) is 7. The maximum atomic E-state index is 13.4. The third kappa shape index (κ3) is 6.63. The number of allylic oxidation sites excluding steroid dienone is 5. The number of esters is 1. The fourth-order valence-electron chi connectivity index (χ4n) is 3.69. The lowest BCUT2D eigenvalue weighted by molar-refractivity contribution is -0.138. The van der Waals surface area contributed by atoms with Crippen LogP contribution in [0.2, 0.25) is 0 Å². The van der Waals surface area contributed by atoms with E-state index in [9.17, 15) is 32.8 Å². The Bertz CT molecular complexity index is 1330. The second-order valence-corrected chi connectivity index (χ2v) is 7.71. The summed E-state index contributed by atoms with van der Waals surface area (Å²) in [7, 11) is 1.02. The number of alkyl carbamates (subject to hydrolysis) is 1. The van der Waals surface area contributed by atoms with E-state index >= 15 is 0 Å². The van der Waals surface area contributed by atoms with Crippen molar-refractivity contribution >= 4 is 29.7 Å². The molecule has 1 aliphatic rings. The van der Waals surface area contributed by atoms with Crippen LogP contribution in [-0.2, 0) is 20.4 Å². The van der Waals surface area contributed by atoms with Crippen molar-refractivity contribution in [3.05, 3.63) is 77.2 Å². The van der Waals surface area contributed by atoms with Crippen molar-refractivity contribution in [3.8, 4) is 6.07 Å². The van der Waals surface area contributed by atoms with Crippen molar-refractivity contribution in [2.75, 3.05) is 18.6 Å². The number of nitrogens with one attached hydrogen (secondary N) is 2. The average molecular weight is 547 g/mol. The van der Waals surface area contributed by atoms with E-state index in [1.165, 1.54) is 38.1 Å². The molecule has 14 heteroatoms. The molecule has 0 bridgehead atoms. The lowest BCUT2D eigenvalue weighted by Gasteiger charge is -2.43. The van der Waals surface area contributed by atoms with Gasteiger partial charge in [0, 0.05) is 17.1 Å². The van der Waals surface area contributed by atoms with Gasteiger partial charge in [0.1, 0.15) is 6.04 Å². The van der Waals surface area contributed by atoms with Crippen molar-refractivity contribution in [1.29, 1.82) is 10.7 Å². The first kappa shape index (κ1) is 30.2. The molecule has 1 aromatic rings. The number of nitriles is 1. The summed E-state index contributed by atoms with van der Waals surface area (Å²) in [5.74, 6) is -1.78. The van der Waals surface area contributed by atoms with Gasteiger partial charge >= 0.3 is 24.3 Å². The Kier molecular flexibility index (Phi) is 9.63. The molecule has 0 unspecified atom stereocenters. The molecule has 0 fully saturated rings. The number of hydrogen-bond donors (Lipinski definition) is 3. The van der Waals surface area contributed by atoms with Crippen LogP contribution in [-0.4, -0.2) is 48.7 Å². The smallest absolute Gasteiger partial charge is 0.416 e. The minimum absolute atomic E-state index is 0.0283. The summed E-state index contributed by atoms with van der Waals surface area (Å²) in [6.45, 7) is 6.27. The van der Waals surface area contributed by atoms with Crippen molar-refractivity contribution in [2.45, 2.75) is 26.1 Å². The minimum atomic E-state index is -4.72. The van der Waals surface area contributed by atoms with Gasteiger partial charge in [-0.1, -0.05) is 18.7 Å². The number of halogens is 3. The molecule has 0 saturated heterocycles. The summed E-state index contributed by atoms with van der Waals surface area (Å²) in [5, 5.41) is 20.3. The lowest BCUT2D eigenvalue weighted by Crippen LogP contribution is -2.60. The number of carbonyl (C=O) groups is 3. The fraction of sp³-hybridized carbons (Fsp3) is 0.240. The summed E-state index contributed by atoms with van der Waals surface area (Å²) in [6, 6.07) is 2.80. The van der Waals surface area contributed by atoms with Crippen molar-refractivity contribution in [3.63, 3.8) is 0 Å². The van der Waals surface area contributed by atoms with Gasteiger partial charge in [0.25, 0.3) is 0 Å². The molecule has 4 N–H and O–H groups in total. The highest BCUT2D eigenvalue weighted by Crippen LogP contribution is 2.37. The molecule has 0 aromatic heterocycles. The first-order valence-corrected chi connectivity index (χ1v) is 11.1. The third-order valence-electron chi connectivity index (χ3n) is 5.38. The number of carbonyl (C=O) groups excluding carboxylic acids is 3. The Morgan fingerprint density at radius 3 is 2.49 bits per heavy atom. The number of primary amides is 1. The standard InChI is InChI=1S/C25H25F3N6O5/c1-5-15(13-29)10-11-18(32-24(37)39-6-2)20-19(21(35)38-4)14(3)33(22(30)34(20)23(31)36)17-9-7-8-16(12-17)25(26,27)28/h5,7-12,20,30H,1,6H2,2-4H3,(H2,31,36)(H,32,37)/b15-10+,18-11-,30-22?/t20-/m1/s1. The molecule has 0 radical (unpaired) electrons. The van der Waals surface area contributed by atoms with Gasteiger partial charge in [-0.15, -0.1) is 0 Å². The third-order valence-corrected chi connectivity index (χ3v) is 5.38. The van der Waals surface area contributed by atoms with Gasteiger partial charge in [0.15, 0.2) is 0 Å². The Labute approximate surface area is 221 Å². The Hall–Kier alpha value is -5.06. The van der Waals surface area contributed by atoms with Gasteiger partial charge in [-0.3, -0.25) is 20.5 Å². The highest BCUT2D eigenvalue weighted by molar-refractivity contribution is 6.10. The van der Waals surface area contributed by atoms with Gasteiger partial charge in [-0.25, -0.2) is 14.4 Å². The molecule has 0 saturated carbocycles. The van der Waals surface area contributed by atoms with Crippen molar-refractivity contribution in [2.24, 2.45) is 5.73 Å². The highest BCUT2D eigenvalue weighted by Gasteiger charge is 2.45. The number of urea groups is 1. The molecule has 39 heavy (non-hydrogen) atoms. The summed E-state index contributed by atoms with van der Waals surface area (Å²) in [5.41, 5.74) is 3.67. The van der Waals surface area contributed by atoms with Gasteiger partial charge in [-0.2, -0.15) is 18.4 Å². The van der Waals surface area contributed by atoms with E-state index in [1.54, 1.807) is 0 Å². The lowest BCUT2D eigenvalue weighted by atomic mass is 9.95. The van der Waals surface area contributed by atoms with Crippen molar-refractivity contribution in [1.82, 2.24) is 10.2 Å². The zero-order valence-electron chi connectivity index (χ0n) is 21.1. The monoisotopic (exact) mass is 546 g/mol. The summed E-state index contributed by atoms with van der Waals surface area (Å²) < 4.78 is 50.0. The molecule has 206 valence electrons. The second kappa shape index (κ2) is 12.5. The molecule has 1 aromatic carbocycles. The molecule has 0 spiro atoms. The fourth-order valence-corrected chi connectivity index (χ4v) is 3.69. The largest absolute Gasteiger partial charge is 0.466 e. The first-order valence-electron chi connectivity index (χ1n) is 11.1. The van der Waals surface area contributed by atoms with E-state index in [0.29, 0.717) is 4.90 Å².